The van der Waals surface area contributed by atoms with Crippen LogP contribution in [0.3, 0.4) is 0 Å². The summed E-state index contributed by atoms with van der Waals surface area (Å²) >= 11 is 0. The van der Waals surface area contributed by atoms with E-state index in [0.29, 0.717) is 24.6 Å². The molecule has 0 radical (unpaired) electrons. The molecule has 1 N–H and O–H groups in total. The van der Waals surface area contributed by atoms with Gasteiger partial charge in [0, 0.05) is 25.2 Å². The van der Waals surface area contributed by atoms with Crippen LogP contribution >= 0.6 is 0 Å². The van der Waals surface area contributed by atoms with Gasteiger partial charge >= 0.3 is 0 Å². The van der Waals surface area contributed by atoms with Crippen LogP contribution in [0.25, 0.3) is 0 Å². The van der Waals surface area contributed by atoms with Crippen molar-refractivity contribution in [3.63, 3.8) is 0 Å². The minimum Gasteiger partial charge on any atom is -0.396 e. The lowest BCUT2D eigenvalue weighted by Crippen LogP contribution is -2.33. The largest absolute Gasteiger partial charge is 0.396 e. The molecule has 1 aliphatic rings. The molecule has 0 bridgehead atoms. The Hall–Kier alpha value is -0.0800. The highest BCUT2D eigenvalue weighted by molar-refractivity contribution is 4.83. The third-order valence-corrected chi connectivity index (χ3v) is 2.63. The van der Waals surface area contributed by atoms with Crippen molar-refractivity contribution in [2.75, 3.05) is 13.2 Å². The topological polar surface area (TPSA) is 23.5 Å². The zero-order valence-corrected chi connectivity index (χ0v) is 9.75. The summed E-state index contributed by atoms with van der Waals surface area (Å²) in [5.41, 5.74) is 0. The van der Waals surface area contributed by atoms with Crippen molar-refractivity contribution in [3.8, 4) is 0 Å². The maximum absolute atomic E-state index is 8.96. The lowest BCUT2D eigenvalue weighted by atomic mass is 10.1. The van der Waals surface area contributed by atoms with Crippen molar-refractivity contribution >= 4 is 0 Å². The first-order valence-electron chi connectivity index (χ1n) is 5.51. The quantitative estimate of drug-likeness (QED) is 0.716. The second kappa shape index (κ2) is 6.39. The Morgan fingerprint density at radius 3 is 2.15 bits per heavy atom. The molecule has 1 heterocycles. The molecule has 2 heteroatoms. The first-order chi connectivity index (χ1) is 6.15. The van der Waals surface area contributed by atoms with Gasteiger partial charge in [0.2, 0.25) is 0 Å². The van der Waals surface area contributed by atoms with Gasteiger partial charge < -0.3 is 5.11 Å². The van der Waals surface area contributed by atoms with Gasteiger partial charge in [0.25, 0.3) is 0 Å². The van der Waals surface area contributed by atoms with E-state index in [4.69, 9.17) is 5.11 Å². The van der Waals surface area contributed by atoms with E-state index < -0.39 is 0 Å². The Morgan fingerprint density at radius 1 is 1.38 bits per heavy atom. The summed E-state index contributed by atoms with van der Waals surface area (Å²) in [6, 6.07) is 1.29. The zero-order chi connectivity index (χ0) is 10.4. The molecule has 2 nitrogen and oxygen atoms in total. The van der Waals surface area contributed by atoms with Gasteiger partial charge in [0.1, 0.15) is 0 Å². The second-order valence-electron chi connectivity index (χ2n) is 3.92. The maximum Gasteiger partial charge on any atom is 0.0472 e. The van der Waals surface area contributed by atoms with Crippen molar-refractivity contribution in [3.05, 3.63) is 0 Å². The molecule has 1 fully saturated rings. The predicted octanol–water partition coefficient (Wildman–Crippen LogP) is 2.12. The number of likely N-dealkylation sites (tertiary alicyclic amines) is 1. The van der Waals surface area contributed by atoms with Crippen LogP contribution < -0.4 is 0 Å². The molecular weight excluding hydrogens is 162 g/mol. The van der Waals surface area contributed by atoms with Crippen molar-refractivity contribution in [1.82, 2.24) is 4.90 Å². The number of aliphatic hydroxyl groups is 1. The Kier molecular flexibility index (Phi) is 6.35. The average Bonchev–Trinajstić information content (AvgIpc) is 2.50. The zero-order valence-electron chi connectivity index (χ0n) is 9.75. The SMILES string of the molecule is CC.CC(C)N1CC(CO)CC1C. The third-order valence-electron chi connectivity index (χ3n) is 2.63. The molecule has 80 valence electrons. The Morgan fingerprint density at radius 2 is 1.92 bits per heavy atom. The first kappa shape index (κ1) is 12.9. The molecule has 0 aliphatic carbocycles. The molecular formula is C11H25NO. The van der Waals surface area contributed by atoms with Gasteiger partial charge in [-0.05, 0) is 33.1 Å². The normalized spacial score (nSPS) is 28.8. The lowest BCUT2D eigenvalue weighted by molar-refractivity contribution is 0.193. The van der Waals surface area contributed by atoms with Gasteiger partial charge in [-0.3, -0.25) is 4.90 Å². The van der Waals surface area contributed by atoms with Crippen LogP contribution in [0.4, 0.5) is 0 Å². The summed E-state index contributed by atoms with van der Waals surface area (Å²) in [4.78, 5) is 2.46. The lowest BCUT2D eigenvalue weighted by Gasteiger charge is -2.25. The summed E-state index contributed by atoms with van der Waals surface area (Å²) in [5, 5.41) is 8.96. The molecule has 1 saturated heterocycles. The van der Waals surface area contributed by atoms with Crippen molar-refractivity contribution in [2.24, 2.45) is 5.92 Å². The van der Waals surface area contributed by atoms with Gasteiger partial charge in [-0.15, -0.1) is 0 Å². The fourth-order valence-electron chi connectivity index (χ4n) is 2.02. The molecule has 0 spiro atoms. The van der Waals surface area contributed by atoms with E-state index in [1.54, 1.807) is 0 Å². The first-order valence-corrected chi connectivity index (χ1v) is 5.51. The molecule has 0 aromatic heterocycles. The number of rotatable bonds is 2. The summed E-state index contributed by atoms with van der Waals surface area (Å²) in [6.45, 7) is 12.1. The summed E-state index contributed by atoms with van der Waals surface area (Å²) in [5.74, 6) is 0.521. The van der Waals surface area contributed by atoms with Gasteiger partial charge in [-0.1, -0.05) is 13.8 Å². The minimum absolute atomic E-state index is 0.355. The molecule has 0 aromatic carbocycles. The number of aliphatic hydroxyl groups excluding tert-OH is 1. The van der Waals surface area contributed by atoms with E-state index in [9.17, 15) is 0 Å². The van der Waals surface area contributed by atoms with E-state index in [1.165, 1.54) is 0 Å². The van der Waals surface area contributed by atoms with E-state index in [2.05, 4.69) is 25.7 Å². The van der Waals surface area contributed by atoms with Crippen molar-refractivity contribution in [1.29, 1.82) is 0 Å². The Balaban J connectivity index is 0.000000671. The highest BCUT2D eigenvalue weighted by Crippen LogP contribution is 2.24. The number of hydrogen-bond acceptors (Lipinski definition) is 2. The van der Waals surface area contributed by atoms with E-state index in [-0.39, 0.29) is 0 Å². The Labute approximate surface area is 82.9 Å². The maximum atomic E-state index is 8.96. The summed E-state index contributed by atoms with van der Waals surface area (Å²) in [6.07, 6.45) is 1.16. The van der Waals surface area contributed by atoms with Crippen LogP contribution in [0.5, 0.6) is 0 Å². The molecule has 1 rings (SSSR count). The van der Waals surface area contributed by atoms with Gasteiger partial charge in [-0.25, -0.2) is 0 Å². The highest BCUT2D eigenvalue weighted by atomic mass is 16.3. The van der Waals surface area contributed by atoms with Gasteiger partial charge in [0.15, 0.2) is 0 Å². The number of hydrogen-bond donors (Lipinski definition) is 1. The minimum atomic E-state index is 0.355. The molecule has 0 amide bonds. The van der Waals surface area contributed by atoms with E-state index >= 15 is 0 Å². The van der Waals surface area contributed by atoms with Crippen LogP contribution in [0.2, 0.25) is 0 Å². The number of nitrogens with zero attached hydrogens (tertiary/aromatic N) is 1. The van der Waals surface area contributed by atoms with Gasteiger partial charge in [0.05, 0.1) is 0 Å². The van der Waals surface area contributed by atoms with Crippen LogP contribution in [-0.2, 0) is 0 Å². The monoisotopic (exact) mass is 187 g/mol. The van der Waals surface area contributed by atoms with E-state index in [0.717, 1.165) is 13.0 Å². The van der Waals surface area contributed by atoms with Crippen LogP contribution in [0.1, 0.15) is 41.0 Å². The van der Waals surface area contributed by atoms with Crippen molar-refractivity contribution < 1.29 is 5.11 Å². The highest BCUT2D eigenvalue weighted by Gasteiger charge is 2.29. The second-order valence-corrected chi connectivity index (χ2v) is 3.92. The fourth-order valence-corrected chi connectivity index (χ4v) is 2.02. The fraction of sp³-hybridized carbons (Fsp3) is 1.00. The Bertz CT molecular complexity index is 125. The molecule has 0 saturated carbocycles. The predicted molar refractivity (Wildman–Crippen MR) is 57.8 cm³/mol. The summed E-state index contributed by atoms with van der Waals surface area (Å²) < 4.78 is 0. The molecule has 13 heavy (non-hydrogen) atoms. The van der Waals surface area contributed by atoms with Crippen molar-refractivity contribution in [2.45, 2.75) is 53.1 Å². The van der Waals surface area contributed by atoms with Crippen LogP contribution in [0, 0.1) is 5.92 Å². The summed E-state index contributed by atoms with van der Waals surface area (Å²) in [7, 11) is 0. The molecule has 1 aliphatic heterocycles. The third kappa shape index (κ3) is 3.65. The standard InChI is InChI=1S/C9H19NO.C2H6/c1-7(2)10-5-9(6-11)4-8(10)3;1-2/h7-9,11H,4-6H2,1-3H3;1-2H3. The molecule has 2 atom stereocenters. The molecule has 2 unspecified atom stereocenters. The average molecular weight is 187 g/mol. The smallest absolute Gasteiger partial charge is 0.0472 e. The van der Waals surface area contributed by atoms with Crippen LogP contribution in [0.15, 0.2) is 0 Å². The molecule has 0 aromatic rings. The van der Waals surface area contributed by atoms with E-state index in [1.807, 2.05) is 13.8 Å². The van der Waals surface area contributed by atoms with Crippen LogP contribution in [-0.4, -0.2) is 35.2 Å². The van der Waals surface area contributed by atoms with Gasteiger partial charge in [-0.2, -0.15) is 0 Å².